The summed E-state index contributed by atoms with van der Waals surface area (Å²) in [5.74, 6) is 0.109. The van der Waals surface area contributed by atoms with E-state index in [1.165, 1.54) is 11.1 Å². The van der Waals surface area contributed by atoms with Gasteiger partial charge in [-0.1, -0.05) is 12.1 Å². The zero-order chi connectivity index (χ0) is 13.2. The molecule has 1 heterocycles. The summed E-state index contributed by atoms with van der Waals surface area (Å²) >= 11 is 0. The van der Waals surface area contributed by atoms with Crippen LogP contribution in [0.2, 0.25) is 0 Å². The van der Waals surface area contributed by atoms with Gasteiger partial charge < -0.3 is 16.4 Å². The maximum absolute atomic E-state index is 11.3. The van der Waals surface area contributed by atoms with Gasteiger partial charge >= 0.3 is 0 Å². The van der Waals surface area contributed by atoms with Crippen LogP contribution in [0.4, 0.5) is 5.69 Å². The molecule has 18 heavy (non-hydrogen) atoms. The number of aryl methyl sites for hydroxylation is 1. The van der Waals surface area contributed by atoms with Crippen molar-refractivity contribution in [2.45, 2.75) is 38.8 Å². The van der Waals surface area contributed by atoms with E-state index in [2.05, 4.69) is 16.7 Å². The Morgan fingerprint density at radius 2 is 2.17 bits per heavy atom. The lowest BCUT2D eigenvalue weighted by atomic mass is 10.00. The van der Waals surface area contributed by atoms with Crippen molar-refractivity contribution in [2.75, 3.05) is 11.9 Å². The van der Waals surface area contributed by atoms with Gasteiger partial charge in [0.2, 0.25) is 5.91 Å². The fourth-order valence-corrected chi connectivity index (χ4v) is 2.08. The number of rotatable bonds is 4. The fraction of sp³-hybridized carbons (Fsp3) is 0.500. The van der Waals surface area contributed by atoms with Crippen LogP contribution < -0.4 is 16.4 Å². The second kappa shape index (κ2) is 5.08. The van der Waals surface area contributed by atoms with Crippen LogP contribution in [0.3, 0.4) is 0 Å². The van der Waals surface area contributed by atoms with Crippen LogP contribution in [0.15, 0.2) is 18.2 Å². The van der Waals surface area contributed by atoms with Crippen LogP contribution in [0.1, 0.15) is 31.4 Å². The van der Waals surface area contributed by atoms with Gasteiger partial charge in [-0.3, -0.25) is 4.79 Å². The van der Waals surface area contributed by atoms with Crippen LogP contribution in [0.5, 0.6) is 0 Å². The lowest BCUT2D eigenvalue weighted by Gasteiger charge is -2.20. The Hall–Kier alpha value is -1.39. The summed E-state index contributed by atoms with van der Waals surface area (Å²) in [4.78, 5) is 11.3. The monoisotopic (exact) mass is 247 g/mol. The molecule has 1 aromatic carbocycles. The highest BCUT2D eigenvalue weighted by Crippen LogP contribution is 2.23. The molecule has 4 heteroatoms. The average Bonchev–Trinajstić information content (AvgIpc) is 2.27. The fourth-order valence-electron chi connectivity index (χ4n) is 2.08. The molecule has 1 aliphatic heterocycles. The van der Waals surface area contributed by atoms with Gasteiger partial charge in [0.25, 0.3) is 0 Å². The van der Waals surface area contributed by atoms with Crippen molar-refractivity contribution in [2.24, 2.45) is 5.73 Å². The van der Waals surface area contributed by atoms with Crippen LogP contribution in [-0.4, -0.2) is 18.0 Å². The van der Waals surface area contributed by atoms with Gasteiger partial charge in [0.1, 0.15) is 0 Å². The van der Waals surface area contributed by atoms with Gasteiger partial charge in [-0.15, -0.1) is 0 Å². The molecule has 0 radical (unpaired) electrons. The van der Waals surface area contributed by atoms with Crippen LogP contribution in [0.25, 0.3) is 0 Å². The van der Waals surface area contributed by atoms with Gasteiger partial charge in [-0.25, -0.2) is 0 Å². The largest absolute Gasteiger partial charge is 0.326 e. The van der Waals surface area contributed by atoms with Crippen molar-refractivity contribution in [3.63, 3.8) is 0 Å². The Morgan fingerprint density at radius 3 is 2.89 bits per heavy atom. The zero-order valence-electron chi connectivity index (χ0n) is 11.0. The number of hydrogen-bond donors (Lipinski definition) is 3. The number of fused-ring (bicyclic) bond motifs is 1. The van der Waals surface area contributed by atoms with Crippen molar-refractivity contribution < 1.29 is 4.79 Å². The van der Waals surface area contributed by atoms with Crippen molar-refractivity contribution in [3.05, 3.63) is 29.3 Å². The van der Waals surface area contributed by atoms with Gasteiger partial charge in [0.15, 0.2) is 0 Å². The van der Waals surface area contributed by atoms with E-state index in [4.69, 9.17) is 5.73 Å². The van der Waals surface area contributed by atoms with Crippen molar-refractivity contribution in [1.82, 2.24) is 5.32 Å². The number of anilines is 1. The van der Waals surface area contributed by atoms with Crippen molar-refractivity contribution in [1.29, 1.82) is 0 Å². The Labute approximate surface area is 108 Å². The summed E-state index contributed by atoms with van der Waals surface area (Å²) in [6.07, 6.45) is 1.41. The molecule has 0 spiro atoms. The molecule has 0 fully saturated rings. The summed E-state index contributed by atoms with van der Waals surface area (Å²) in [5.41, 5.74) is 9.13. The van der Waals surface area contributed by atoms with Gasteiger partial charge in [-0.05, 0) is 37.5 Å². The number of benzene rings is 1. The predicted molar refractivity (Wildman–Crippen MR) is 73.4 cm³/mol. The third-order valence-electron chi connectivity index (χ3n) is 2.97. The van der Waals surface area contributed by atoms with Crippen molar-refractivity contribution in [3.8, 4) is 0 Å². The normalized spacial score (nSPS) is 15.2. The number of hydrogen-bond acceptors (Lipinski definition) is 3. The van der Waals surface area contributed by atoms with E-state index < -0.39 is 0 Å². The molecule has 0 bridgehead atoms. The van der Waals surface area contributed by atoms with Gasteiger partial charge in [0, 0.05) is 30.7 Å². The van der Waals surface area contributed by atoms with Crippen LogP contribution in [-0.2, 0) is 17.8 Å². The van der Waals surface area contributed by atoms with E-state index >= 15 is 0 Å². The highest BCUT2D eigenvalue weighted by atomic mass is 16.1. The number of nitrogens with one attached hydrogen (secondary N) is 2. The first-order valence-electron chi connectivity index (χ1n) is 6.35. The third kappa shape index (κ3) is 3.55. The van der Waals surface area contributed by atoms with E-state index in [9.17, 15) is 4.79 Å². The highest BCUT2D eigenvalue weighted by molar-refractivity contribution is 5.93. The molecule has 1 aliphatic rings. The topological polar surface area (TPSA) is 67.1 Å². The molecule has 0 saturated heterocycles. The molecule has 0 unspecified atom stereocenters. The second-order valence-electron chi connectivity index (χ2n) is 5.63. The SMILES string of the molecule is CC(C)(N)CNCc1ccc2c(c1)CCC(=O)N2. The van der Waals surface area contributed by atoms with Gasteiger partial charge in [-0.2, -0.15) is 0 Å². The predicted octanol–water partition coefficient (Wildman–Crippen LogP) is 1.40. The minimum Gasteiger partial charge on any atom is -0.326 e. The highest BCUT2D eigenvalue weighted by Gasteiger charge is 2.15. The third-order valence-corrected chi connectivity index (χ3v) is 2.97. The first kappa shape index (κ1) is 13.1. The molecule has 4 nitrogen and oxygen atoms in total. The smallest absolute Gasteiger partial charge is 0.224 e. The summed E-state index contributed by atoms with van der Waals surface area (Å²) in [5, 5.41) is 6.23. The molecule has 2 rings (SSSR count). The molecular weight excluding hydrogens is 226 g/mol. The first-order chi connectivity index (χ1) is 8.44. The summed E-state index contributed by atoms with van der Waals surface area (Å²) in [6.45, 7) is 5.59. The molecule has 98 valence electrons. The first-order valence-corrected chi connectivity index (χ1v) is 6.35. The average molecular weight is 247 g/mol. The lowest BCUT2D eigenvalue weighted by molar-refractivity contribution is -0.116. The lowest BCUT2D eigenvalue weighted by Crippen LogP contribution is -2.42. The minimum atomic E-state index is -0.192. The second-order valence-corrected chi connectivity index (χ2v) is 5.63. The van der Waals surface area contributed by atoms with E-state index in [1.807, 2.05) is 26.0 Å². The van der Waals surface area contributed by atoms with E-state index in [-0.39, 0.29) is 11.4 Å². The minimum absolute atomic E-state index is 0.109. The maximum atomic E-state index is 11.3. The molecular formula is C14H21N3O. The molecule has 0 aliphatic carbocycles. The molecule has 1 amide bonds. The Kier molecular flexibility index (Phi) is 3.68. The Morgan fingerprint density at radius 1 is 1.39 bits per heavy atom. The van der Waals surface area contributed by atoms with E-state index in [1.54, 1.807) is 0 Å². The van der Waals surface area contributed by atoms with Gasteiger partial charge in [0.05, 0.1) is 0 Å². The number of carbonyl (C=O) groups is 1. The molecule has 0 atom stereocenters. The molecule has 1 aromatic rings. The number of nitrogens with two attached hydrogens (primary N) is 1. The zero-order valence-corrected chi connectivity index (χ0v) is 11.0. The number of amides is 1. The Bertz CT molecular complexity index is 449. The van der Waals surface area contributed by atoms with E-state index in [0.717, 1.165) is 25.2 Å². The molecule has 0 saturated carbocycles. The molecule has 4 N–H and O–H groups in total. The summed E-state index contributed by atoms with van der Waals surface area (Å²) < 4.78 is 0. The van der Waals surface area contributed by atoms with Crippen molar-refractivity contribution >= 4 is 11.6 Å². The van der Waals surface area contributed by atoms with Crippen LogP contribution in [0, 0.1) is 0 Å². The standard InChI is InChI=1S/C14H21N3O/c1-14(2,15)9-16-8-10-3-5-12-11(7-10)4-6-13(18)17-12/h3,5,7,16H,4,6,8-9,15H2,1-2H3,(H,17,18). The van der Waals surface area contributed by atoms with Crippen LogP contribution >= 0.6 is 0 Å². The summed E-state index contributed by atoms with van der Waals surface area (Å²) in [7, 11) is 0. The number of carbonyl (C=O) groups excluding carboxylic acids is 1. The Balaban J connectivity index is 1.97. The maximum Gasteiger partial charge on any atom is 0.224 e. The quantitative estimate of drug-likeness (QED) is 0.753. The molecule has 0 aromatic heterocycles. The van der Waals surface area contributed by atoms with E-state index in [0.29, 0.717) is 6.42 Å². The summed E-state index contributed by atoms with van der Waals surface area (Å²) in [6, 6.07) is 6.18.